The third kappa shape index (κ3) is 5.89. The van der Waals surface area contributed by atoms with E-state index in [9.17, 15) is 4.79 Å². The summed E-state index contributed by atoms with van der Waals surface area (Å²) in [5.74, 6) is 2.82. The van der Waals surface area contributed by atoms with Gasteiger partial charge < -0.3 is 19.7 Å². The fourth-order valence-electron chi connectivity index (χ4n) is 5.76. The summed E-state index contributed by atoms with van der Waals surface area (Å²) in [5, 5.41) is 6.88. The topological polar surface area (TPSA) is 63.7 Å². The lowest BCUT2D eigenvalue weighted by molar-refractivity contribution is -0.128. The van der Waals surface area contributed by atoms with Crippen molar-refractivity contribution in [2.45, 2.75) is 60.1 Å². The minimum Gasteiger partial charge on any atom is -0.488 e. The van der Waals surface area contributed by atoms with Gasteiger partial charge in [0.15, 0.2) is 5.13 Å². The van der Waals surface area contributed by atoms with Crippen LogP contribution in [0.2, 0.25) is 0 Å². The summed E-state index contributed by atoms with van der Waals surface area (Å²) in [6, 6.07) is 8.79. The molecule has 2 aromatic carbocycles. The molecule has 0 spiro atoms. The molecule has 2 aliphatic heterocycles. The van der Waals surface area contributed by atoms with E-state index < -0.39 is 0 Å². The molecule has 1 saturated heterocycles. The number of thiazole rings is 1. The predicted octanol–water partition coefficient (Wildman–Crippen LogP) is 5.99. The van der Waals surface area contributed by atoms with E-state index in [0.717, 1.165) is 60.0 Å². The summed E-state index contributed by atoms with van der Waals surface area (Å²) in [6.45, 7) is 14.3. The molecule has 2 unspecified atom stereocenters. The molecule has 2 atom stereocenters. The number of aromatic nitrogens is 1. The first-order chi connectivity index (χ1) is 18.5. The number of anilines is 1. The maximum atomic E-state index is 9.18. The van der Waals surface area contributed by atoms with Crippen LogP contribution in [0.5, 0.6) is 5.75 Å². The summed E-state index contributed by atoms with van der Waals surface area (Å²) in [6.07, 6.45) is 3.85. The zero-order valence-electron chi connectivity index (χ0n) is 23.0. The fraction of sp³-hybridized carbons (Fsp3) is 0.484. The van der Waals surface area contributed by atoms with Crippen molar-refractivity contribution >= 4 is 22.9 Å². The van der Waals surface area contributed by atoms with Gasteiger partial charge in [0.25, 0.3) is 6.47 Å². The number of carbonyl (C=O) groups excluding carboxylic acids is 1. The van der Waals surface area contributed by atoms with E-state index >= 15 is 0 Å². The van der Waals surface area contributed by atoms with Crippen molar-refractivity contribution in [3.05, 3.63) is 63.0 Å². The highest BCUT2D eigenvalue weighted by atomic mass is 32.1. The highest BCUT2D eigenvalue weighted by molar-refractivity contribution is 7.14. The van der Waals surface area contributed by atoms with E-state index in [1.807, 2.05) is 0 Å². The number of fused-ring (bicyclic) bond motifs is 2. The van der Waals surface area contributed by atoms with Gasteiger partial charge in [-0.15, -0.1) is 11.3 Å². The molecule has 1 N–H and O–H groups in total. The molecule has 1 aromatic heterocycles. The number of hydrogen-bond acceptors (Lipinski definition) is 7. The zero-order valence-corrected chi connectivity index (χ0v) is 23.8. The number of benzene rings is 2. The van der Waals surface area contributed by atoms with Crippen LogP contribution in [0.25, 0.3) is 11.3 Å². The van der Waals surface area contributed by atoms with E-state index in [4.69, 9.17) is 9.72 Å². The maximum Gasteiger partial charge on any atom is 0.293 e. The molecule has 38 heavy (non-hydrogen) atoms. The number of ether oxygens (including phenoxy) is 2. The summed E-state index contributed by atoms with van der Waals surface area (Å²) >= 11 is 1.77. The van der Waals surface area contributed by atoms with Crippen molar-refractivity contribution in [1.82, 2.24) is 10.3 Å². The normalized spacial score (nSPS) is 19.5. The van der Waals surface area contributed by atoms with Crippen molar-refractivity contribution in [2.75, 3.05) is 31.1 Å². The highest BCUT2D eigenvalue weighted by Crippen LogP contribution is 2.46. The van der Waals surface area contributed by atoms with Crippen molar-refractivity contribution < 1.29 is 14.3 Å². The number of nitrogens with zero attached hydrogens (tertiary/aromatic N) is 2. The molecule has 3 heterocycles. The summed E-state index contributed by atoms with van der Waals surface area (Å²) < 4.78 is 10.6. The Balaban J connectivity index is 0.000000540. The average molecular weight is 534 g/mol. The van der Waals surface area contributed by atoms with Gasteiger partial charge in [-0.25, -0.2) is 4.98 Å². The number of carbonyl (C=O) groups is 1. The van der Waals surface area contributed by atoms with Crippen molar-refractivity contribution in [1.29, 1.82) is 0 Å². The number of hydrogen-bond donors (Lipinski definition) is 1. The second-order valence-corrected chi connectivity index (χ2v) is 11.5. The van der Waals surface area contributed by atoms with Gasteiger partial charge in [0.1, 0.15) is 12.4 Å². The molecule has 6 rings (SSSR count). The quantitative estimate of drug-likeness (QED) is 0.377. The van der Waals surface area contributed by atoms with Crippen LogP contribution in [0.3, 0.4) is 0 Å². The summed E-state index contributed by atoms with van der Waals surface area (Å²) in [5.41, 5.74) is 10.4. The highest BCUT2D eigenvalue weighted by Gasteiger charge is 2.42. The Morgan fingerprint density at radius 1 is 1.18 bits per heavy atom. The summed E-state index contributed by atoms with van der Waals surface area (Å²) in [7, 11) is 0. The Labute approximate surface area is 230 Å². The smallest absolute Gasteiger partial charge is 0.293 e. The lowest BCUT2D eigenvalue weighted by Crippen LogP contribution is -2.31. The fourth-order valence-corrected chi connectivity index (χ4v) is 6.62. The molecule has 1 saturated carbocycles. The first kappa shape index (κ1) is 26.7. The first-order valence-electron chi connectivity index (χ1n) is 13.8. The Morgan fingerprint density at radius 2 is 2.05 bits per heavy atom. The Morgan fingerprint density at radius 3 is 2.82 bits per heavy atom. The zero-order chi connectivity index (χ0) is 26.6. The number of aryl methyl sites for hydroxylation is 2. The van der Waals surface area contributed by atoms with Crippen LogP contribution in [0.15, 0.2) is 29.6 Å². The van der Waals surface area contributed by atoms with E-state index in [0.29, 0.717) is 19.7 Å². The van der Waals surface area contributed by atoms with Crippen LogP contribution in [0, 0.1) is 32.6 Å². The van der Waals surface area contributed by atoms with Gasteiger partial charge in [-0.3, -0.25) is 4.79 Å². The molecular weight excluding hydrogens is 494 g/mol. The molecule has 0 amide bonds. The molecule has 3 aliphatic rings. The largest absolute Gasteiger partial charge is 0.488 e. The third-order valence-corrected chi connectivity index (χ3v) is 9.01. The van der Waals surface area contributed by atoms with Gasteiger partial charge in [0.2, 0.25) is 0 Å². The van der Waals surface area contributed by atoms with Gasteiger partial charge >= 0.3 is 0 Å². The van der Waals surface area contributed by atoms with Crippen LogP contribution in [0.4, 0.5) is 5.13 Å². The van der Waals surface area contributed by atoms with Crippen molar-refractivity contribution in [2.24, 2.45) is 11.8 Å². The monoisotopic (exact) mass is 533 g/mol. The minimum absolute atomic E-state index is 0.431. The van der Waals surface area contributed by atoms with Gasteiger partial charge in [-0.05, 0) is 105 Å². The maximum absolute atomic E-state index is 9.18. The van der Waals surface area contributed by atoms with Crippen LogP contribution in [-0.2, 0) is 29.1 Å². The van der Waals surface area contributed by atoms with Crippen LogP contribution < -0.4 is 15.0 Å². The van der Waals surface area contributed by atoms with Gasteiger partial charge in [-0.1, -0.05) is 17.7 Å². The van der Waals surface area contributed by atoms with Crippen LogP contribution >= 0.6 is 11.3 Å². The Hall–Kier alpha value is -2.90. The molecule has 0 radical (unpaired) electrons. The lowest BCUT2D eigenvalue weighted by atomic mass is 9.89. The van der Waals surface area contributed by atoms with E-state index in [2.05, 4.69) is 65.4 Å². The van der Waals surface area contributed by atoms with Crippen LogP contribution in [-0.4, -0.2) is 37.7 Å². The minimum atomic E-state index is 0.431. The van der Waals surface area contributed by atoms with Gasteiger partial charge in [-0.2, -0.15) is 0 Å². The van der Waals surface area contributed by atoms with E-state index in [1.54, 1.807) is 18.3 Å². The molecule has 6 nitrogen and oxygen atoms in total. The Bertz CT molecular complexity index is 1290. The molecular formula is C31H39N3O3S. The molecule has 202 valence electrons. The summed E-state index contributed by atoms with van der Waals surface area (Å²) in [4.78, 5) is 16.7. The second-order valence-electron chi connectivity index (χ2n) is 10.7. The van der Waals surface area contributed by atoms with Crippen LogP contribution in [0.1, 0.15) is 53.1 Å². The lowest BCUT2D eigenvalue weighted by Gasteiger charge is -2.25. The molecule has 1 aliphatic carbocycles. The molecule has 3 aromatic rings. The van der Waals surface area contributed by atoms with E-state index in [-0.39, 0.29) is 0 Å². The number of rotatable bonds is 7. The predicted molar refractivity (Wildman–Crippen MR) is 154 cm³/mol. The van der Waals surface area contributed by atoms with Crippen molar-refractivity contribution in [3.63, 3.8) is 0 Å². The molecule has 7 heteroatoms. The van der Waals surface area contributed by atoms with E-state index in [1.165, 1.54) is 52.8 Å². The third-order valence-electron chi connectivity index (χ3n) is 8.10. The Kier molecular flexibility index (Phi) is 8.34. The number of piperidine rings is 1. The SMILES string of the molecule is CCOC=O.Cc1ccc(OCc2cc(C)c3c(c2C)CCNC3)c(-c2csc(N3CCC4CC4C3)n2)c1. The van der Waals surface area contributed by atoms with Gasteiger partial charge in [0, 0.05) is 30.6 Å². The standard InChI is InChI=1S/C28H33N3OS.C3H6O2/c1-17-4-5-27(32-15-22-11-18(2)25-13-29-8-6-23(25)19(22)3)24(10-17)26-16-33-28(30-26)31-9-7-20-12-21(20)14-31;1-2-5-3-4/h4-5,10-11,16,20-21,29H,6-9,12-15H2,1-3H3;3H,2H2,1H3. The van der Waals surface area contributed by atoms with Crippen molar-refractivity contribution in [3.8, 4) is 17.0 Å². The second kappa shape index (κ2) is 11.9. The first-order valence-corrected chi connectivity index (χ1v) is 14.7. The molecule has 2 fully saturated rings. The van der Waals surface area contributed by atoms with Gasteiger partial charge in [0.05, 0.1) is 12.3 Å². The number of nitrogens with one attached hydrogen (secondary N) is 1. The average Bonchev–Trinajstić information content (AvgIpc) is 3.55. The molecule has 0 bridgehead atoms.